The van der Waals surface area contributed by atoms with Gasteiger partial charge in [0.1, 0.15) is 13.3 Å². The Balaban J connectivity index is 1.80. The lowest BCUT2D eigenvalue weighted by atomic mass is 9.84. The lowest BCUT2D eigenvalue weighted by Crippen LogP contribution is -2.23. The van der Waals surface area contributed by atoms with Crippen LogP contribution in [0.2, 0.25) is 0 Å². The van der Waals surface area contributed by atoms with E-state index in [1.807, 2.05) is 71.8 Å². The zero-order valence-corrected chi connectivity index (χ0v) is 15.9. The second-order valence-corrected chi connectivity index (χ2v) is 7.24. The third-order valence-corrected chi connectivity index (χ3v) is 5.60. The maximum Gasteiger partial charge on any atom is 0.153 e. The Bertz CT molecular complexity index is 1070. The Morgan fingerprint density at radius 2 is 1.18 bits per heavy atom. The molecule has 2 aromatic heterocycles. The monoisotopic (exact) mass is 380 g/mol. The second-order valence-electron chi connectivity index (χ2n) is 7.24. The van der Waals surface area contributed by atoms with E-state index in [9.17, 15) is 13.6 Å². The van der Waals surface area contributed by atoms with Crippen molar-refractivity contribution in [2.45, 2.75) is 11.8 Å². The number of para-hydroxylation sites is 2. The van der Waals surface area contributed by atoms with Crippen LogP contribution in [0.4, 0.5) is 8.78 Å². The molecular weight excluding hydrogens is 358 g/mol. The summed E-state index contributed by atoms with van der Waals surface area (Å²) >= 11 is 0. The molecule has 0 amide bonds. The van der Waals surface area contributed by atoms with Gasteiger partial charge in [0, 0.05) is 48.3 Å². The summed E-state index contributed by atoms with van der Waals surface area (Å²) in [5, 5.41) is 1.66. The van der Waals surface area contributed by atoms with Crippen LogP contribution in [-0.4, -0.2) is 28.3 Å². The maximum atomic E-state index is 14.1. The van der Waals surface area contributed by atoms with E-state index in [0.717, 1.165) is 21.8 Å². The average molecular weight is 380 g/mol. The first-order valence-corrected chi connectivity index (χ1v) is 9.30. The number of rotatable bonds is 6. The lowest BCUT2D eigenvalue weighted by Gasteiger charge is -2.18. The number of ketones is 1. The van der Waals surface area contributed by atoms with E-state index in [4.69, 9.17) is 0 Å². The van der Waals surface area contributed by atoms with E-state index in [-0.39, 0.29) is 0 Å². The Morgan fingerprint density at radius 3 is 1.57 bits per heavy atom. The zero-order chi connectivity index (χ0) is 19.8. The fourth-order valence-electron chi connectivity index (χ4n) is 4.17. The molecule has 2 unspecified atom stereocenters. The van der Waals surface area contributed by atoms with Crippen molar-refractivity contribution in [1.82, 2.24) is 9.13 Å². The molecule has 2 aromatic carbocycles. The Labute approximate surface area is 162 Å². The summed E-state index contributed by atoms with van der Waals surface area (Å²) in [5.41, 5.74) is 3.07. The van der Waals surface area contributed by atoms with Crippen molar-refractivity contribution < 1.29 is 13.6 Å². The van der Waals surface area contributed by atoms with Gasteiger partial charge in [-0.25, -0.2) is 8.78 Å². The molecule has 2 heterocycles. The molecule has 0 N–H and O–H groups in total. The van der Waals surface area contributed by atoms with E-state index in [1.165, 1.54) is 0 Å². The van der Waals surface area contributed by atoms with Crippen LogP contribution >= 0.6 is 0 Å². The van der Waals surface area contributed by atoms with Crippen molar-refractivity contribution in [3.8, 4) is 0 Å². The fraction of sp³-hybridized carbons (Fsp3) is 0.261. The third kappa shape index (κ3) is 2.82. The summed E-state index contributed by atoms with van der Waals surface area (Å²) in [6.07, 6.45) is 3.57. The largest absolute Gasteiger partial charge is 0.350 e. The molecule has 0 saturated heterocycles. The fourth-order valence-corrected chi connectivity index (χ4v) is 4.17. The van der Waals surface area contributed by atoms with Crippen LogP contribution in [0.15, 0.2) is 60.9 Å². The van der Waals surface area contributed by atoms with Gasteiger partial charge in [-0.1, -0.05) is 36.4 Å². The van der Waals surface area contributed by atoms with Crippen LogP contribution in [0.1, 0.15) is 23.0 Å². The number of carbonyl (C=O) groups excluding carboxylic acids is 1. The van der Waals surface area contributed by atoms with Gasteiger partial charge in [0.15, 0.2) is 5.78 Å². The van der Waals surface area contributed by atoms with Crippen molar-refractivity contribution in [2.24, 2.45) is 14.1 Å². The molecular formula is C23H22F2N2O. The van der Waals surface area contributed by atoms with Crippen LogP contribution in [-0.2, 0) is 18.9 Å². The van der Waals surface area contributed by atoms with E-state index in [2.05, 4.69) is 0 Å². The number of Topliss-reactive ketones (excluding diaryl/α,β-unsaturated/α-hetero) is 1. The maximum absolute atomic E-state index is 14.1. The number of carbonyl (C=O) groups is 1. The van der Waals surface area contributed by atoms with Gasteiger partial charge < -0.3 is 9.13 Å². The van der Waals surface area contributed by atoms with Crippen molar-refractivity contribution in [1.29, 1.82) is 0 Å². The number of aryl methyl sites for hydroxylation is 2. The summed E-state index contributed by atoms with van der Waals surface area (Å²) in [7, 11) is 3.73. The third-order valence-electron chi connectivity index (χ3n) is 5.60. The summed E-state index contributed by atoms with van der Waals surface area (Å²) < 4.78 is 32.0. The molecule has 0 bridgehead atoms. The van der Waals surface area contributed by atoms with Crippen LogP contribution in [0.3, 0.4) is 0 Å². The minimum Gasteiger partial charge on any atom is -0.350 e. The van der Waals surface area contributed by atoms with Gasteiger partial charge in [-0.05, 0) is 23.3 Å². The van der Waals surface area contributed by atoms with E-state index < -0.39 is 31.0 Å². The first kappa shape index (κ1) is 18.4. The number of hydrogen-bond acceptors (Lipinski definition) is 1. The Morgan fingerprint density at radius 1 is 0.786 bits per heavy atom. The van der Waals surface area contributed by atoms with Crippen LogP contribution < -0.4 is 0 Å². The Hall–Kier alpha value is -2.95. The van der Waals surface area contributed by atoms with Gasteiger partial charge in [0.2, 0.25) is 0 Å². The van der Waals surface area contributed by atoms with Gasteiger partial charge in [0.05, 0.1) is 11.8 Å². The minimum absolute atomic E-state index is 0.419. The smallest absolute Gasteiger partial charge is 0.153 e. The van der Waals surface area contributed by atoms with E-state index in [1.54, 1.807) is 12.4 Å². The topological polar surface area (TPSA) is 26.9 Å². The predicted molar refractivity (Wildman–Crippen MR) is 108 cm³/mol. The molecule has 0 spiro atoms. The lowest BCUT2D eigenvalue weighted by molar-refractivity contribution is -0.122. The highest BCUT2D eigenvalue weighted by atomic mass is 19.1. The van der Waals surface area contributed by atoms with Gasteiger partial charge in [-0.2, -0.15) is 0 Å². The molecule has 0 fully saturated rings. The summed E-state index contributed by atoms with van der Waals surface area (Å²) in [5.74, 6) is -2.41. The van der Waals surface area contributed by atoms with Gasteiger partial charge >= 0.3 is 0 Å². The number of alkyl halides is 2. The second kappa shape index (κ2) is 7.23. The Kier molecular flexibility index (Phi) is 4.75. The molecule has 144 valence electrons. The first-order chi connectivity index (χ1) is 13.6. The van der Waals surface area contributed by atoms with Crippen molar-refractivity contribution in [3.05, 3.63) is 72.1 Å². The zero-order valence-electron chi connectivity index (χ0n) is 15.9. The SMILES string of the molecule is Cn1cc(C(CF)C(=O)C(CF)c2cn(C)c3ccccc23)c2ccccc21. The van der Waals surface area contributed by atoms with Crippen LogP contribution in [0, 0.1) is 0 Å². The minimum atomic E-state index is -0.995. The quantitative estimate of drug-likeness (QED) is 0.460. The molecule has 2 atom stereocenters. The summed E-state index contributed by atoms with van der Waals surface area (Å²) in [6.45, 7) is -1.71. The molecule has 5 heteroatoms. The number of benzene rings is 2. The molecule has 4 aromatic rings. The number of aromatic nitrogens is 2. The number of fused-ring (bicyclic) bond motifs is 2. The number of hydrogen-bond donors (Lipinski definition) is 0. The van der Waals surface area contributed by atoms with Gasteiger partial charge in [0.25, 0.3) is 0 Å². The number of nitrogens with zero attached hydrogens (tertiary/aromatic N) is 2. The van der Waals surface area contributed by atoms with Gasteiger partial charge in [-0.3, -0.25) is 4.79 Å². The molecule has 0 radical (unpaired) electrons. The molecule has 3 nitrogen and oxygen atoms in total. The molecule has 4 rings (SSSR count). The molecule has 0 aliphatic rings. The predicted octanol–water partition coefficient (Wildman–Crippen LogP) is 5.05. The first-order valence-electron chi connectivity index (χ1n) is 9.30. The van der Waals surface area contributed by atoms with Crippen molar-refractivity contribution in [2.75, 3.05) is 13.3 Å². The normalized spacial score (nSPS) is 13.9. The standard InChI is InChI=1S/C23H22F2N2O/c1-26-13-19(15-7-3-5-9-21(15)26)17(11-24)23(28)18(12-25)20-14-27(2)22-10-6-4-8-16(20)22/h3-10,13-14,17-18H,11-12H2,1-2H3. The average Bonchev–Trinajstić information content (AvgIpc) is 3.22. The summed E-state index contributed by atoms with van der Waals surface area (Å²) in [6, 6.07) is 15.1. The summed E-state index contributed by atoms with van der Waals surface area (Å²) in [4.78, 5) is 13.3. The van der Waals surface area contributed by atoms with Crippen LogP contribution in [0.25, 0.3) is 21.8 Å². The highest BCUT2D eigenvalue weighted by Gasteiger charge is 2.33. The van der Waals surface area contributed by atoms with E-state index >= 15 is 0 Å². The van der Waals surface area contributed by atoms with E-state index in [0.29, 0.717) is 11.1 Å². The number of halogens is 2. The van der Waals surface area contributed by atoms with Crippen molar-refractivity contribution >= 4 is 27.6 Å². The molecule has 28 heavy (non-hydrogen) atoms. The van der Waals surface area contributed by atoms with Crippen LogP contribution in [0.5, 0.6) is 0 Å². The van der Waals surface area contributed by atoms with Crippen molar-refractivity contribution in [3.63, 3.8) is 0 Å². The molecule has 0 saturated carbocycles. The molecule has 0 aliphatic carbocycles. The highest BCUT2D eigenvalue weighted by molar-refractivity contribution is 5.99. The van der Waals surface area contributed by atoms with Gasteiger partial charge in [-0.15, -0.1) is 0 Å². The highest BCUT2D eigenvalue weighted by Crippen LogP contribution is 2.35. The molecule has 0 aliphatic heterocycles.